The third-order valence-electron chi connectivity index (χ3n) is 5.12. The number of unbranched alkanes of at least 4 members (excludes halogenated alkanes) is 10. The Hall–Kier alpha value is -1.71. The molecular formula is C23H38O4. The minimum atomic E-state index is -1.39. The van der Waals surface area contributed by atoms with Crippen molar-refractivity contribution >= 4 is 6.16 Å². The van der Waals surface area contributed by atoms with E-state index >= 15 is 0 Å². The number of carboxylic acid groups (broad SMARTS) is 1. The maximum absolute atomic E-state index is 10.8. The van der Waals surface area contributed by atoms with Gasteiger partial charge < -0.3 is 14.9 Å². The van der Waals surface area contributed by atoms with Gasteiger partial charge in [0.05, 0.1) is 0 Å². The van der Waals surface area contributed by atoms with Crippen LogP contribution in [0, 0.1) is 0 Å². The normalized spacial score (nSPS) is 10.9. The third kappa shape index (κ3) is 9.69. The number of phenols is 1. The highest BCUT2D eigenvalue weighted by Gasteiger charge is 2.15. The van der Waals surface area contributed by atoms with Crippen LogP contribution in [0.25, 0.3) is 0 Å². The van der Waals surface area contributed by atoms with Crippen LogP contribution >= 0.6 is 0 Å². The molecule has 0 saturated carbocycles. The van der Waals surface area contributed by atoms with Gasteiger partial charge in [-0.2, -0.15) is 0 Å². The van der Waals surface area contributed by atoms with E-state index in [1.54, 1.807) is 6.07 Å². The molecule has 2 N–H and O–H groups in total. The lowest BCUT2D eigenvalue weighted by atomic mass is 9.95. The molecule has 1 rings (SSSR count). The van der Waals surface area contributed by atoms with Gasteiger partial charge in [0.1, 0.15) is 0 Å². The van der Waals surface area contributed by atoms with E-state index in [-0.39, 0.29) is 11.5 Å². The van der Waals surface area contributed by atoms with Crippen LogP contribution in [0.5, 0.6) is 11.5 Å². The van der Waals surface area contributed by atoms with E-state index < -0.39 is 6.16 Å². The Morgan fingerprint density at radius 1 is 0.815 bits per heavy atom. The summed E-state index contributed by atoms with van der Waals surface area (Å²) >= 11 is 0. The van der Waals surface area contributed by atoms with Gasteiger partial charge in [-0.15, -0.1) is 0 Å². The summed E-state index contributed by atoms with van der Waals surface area (Å²) in [6, 6.07) is 3.51. The van der Waals surface area contributed by atoms with E-state index in [0.717, 1.165) is 43.2 Å². The fourth-order valence-electron chi connectivity index (χ4n) is 3.52. The van der Waals surface area contributed by atoms with Gasteiger partial charge in [0.15, 0.2) is 11.5 Å². The summed E-state index contributed by atoms with van der Waals surface area (Å²) in [7, 11) is 0. The van der Waals surface area contributed by atoms with Crippen LogP contribution in [0.2, 0.25) is 0 Å². The highest BCUT2D eigenvalue weighted by molar-refractivity contribution is 5.64. The largest absolute Gasteiger partial charge is 0.511 e. The highest BCUT2D eigenvalue weighted by Crippen LogP contribution is 2.35. The summed E-state index contributed by atoms with van der Waals surface area (Å²) in [4.78, 5) is 10.8. The Bertz CT molecular complexity index is 539. The van der Waals surface area contributed by atoms with Gasteiger partial charge in [0, 0.05) is 5.56 Å². The minimum absolute atomic E-state index is 0.00874. The van der Waals surface area contributed by atoms with E-state index in [1.807, 2.05) is 6.07 Å². The van der Waals surface area contributed by atoms with Crippen LogP contribution in [0.4, 0.5) is 4.79 Å². The molecule has 154 valence electrons. The van der Waals surface area contributed by atoms with Gasteiger partial charge in [-0.1, -0.05) is 84.1 Å². The average Bonchev–Trinajstić information content (AvgIpc) is 2.64. The number of phenolic OH excluding ortho intramolecular Hbond substituents is 1. The van der Waals surface area contributed by atoms with Gasteiger partial charge in [-0.3, -0.25) is 0 Å². The lowest BCUT2D eigenvalue weighted by molar-refractivity contribution is 0.142. The quantitative estimate of drug-likeness (QED) is 0.191. The Morgan fingerprint density at radius 3 is 1.89 bits per heavy atom. The van der Waals surface area contributed by atoms with Crippen molar-refractivity contribution in [3.05, 3.63) is 23.3 Å². The van der Waals surface area contributed by atoms with Gasteiger partial charge >= 0.3 is 6.16 Å². The first-order valence-corrected chi connectivity index (χ1v) is 10.8. The van der Waals surface area contributed by atoms with Crippen molar-refractivity contribution in [1.29, 1.82) is 0 Å². The molecule has 0 aliphatic rings. The Morgan fingerprint density at radius 2 is 1.33 bits per heavy atom. The number of carbonyl (C=O) groups is 1. The van der Waals surface area contributed by atoms with Crippen molar-refractivity contribution in [2.75, 3.05) is 0 Å². The third-order valence-corrected chi connectivity index (χ3v) is 5.12. The summed E-state index contributed by atoms with van der Waals surface area (Å²) < 4.78 is 4.74. The molecule has 0 amide bonds. The summed E-state index contributed by atoms with van der Waals surface area (Å²) in [5.74, 6) is 0.0598. The fraction of sp³-hybridized carbons (Fsp3) is 0.696. The monoisotopic (exact) mass is 378 g/mol. The van der Waals surface area contributed by atoms with E-state index in [9.17, 15) is 9.90 Å². The van der Waals surface area contributed by atoms with Crippen LogP contribution in [0.15, 0.2) is 12.1 Å². The first-order valence-electron chi connectivity index (χ1n) is 10.8. The number of aryl methyl sites for hydroxylation is 1. The Balaban J connectivity index is 2.66. The number of ether oxygens (including phenoxy) is 1. The molecule has 0 heterocycles. The summed E-state index contributed by atoms with van der Waals surface area (Å²) in [5.41, 5.74) is 2.01. The average molecular weight is 379 g/mol. The molecule has 4 heteroatoms. The van der Waals surface area contributed by atoms with Crippen LogP contribution in [-0.4, -0.2) is 16.4 Å². The molecule has 0 radical (unpaired) electrons. The second-order valence-electron chi connectivity index (χ2n) is 7.45. The second-order valence-corrected chi connectivity index (χ2v) is 7.45. The smallest absolute Gasteiger partial charge is 0.504 e. The topological polar surface area (TPSA) is 66.8 Å². The van der Waals surface area contributed by atoms with Crippen molar-refractivity contribution in [2.45, 2.75) is 104 Å². The van der Waals surface area contributed by atoms with Gasteiger partial charge in [-0.25, -0.2) is 4.79 Å². The molecule has 1 aromatic rings. The highest BCUT2D eigenvalue weighted by atomic mass is 16.7. The van der Waals surface area contributed by atoms with Gasteiger partial charge in [0.25, 0.3) is 0 Å². The lowest BCUT2D eigenvalue weighted by Crippen LogP contribution is -2.05. The van der Waals surface area contributed by atoms with E-state index in [4.69, 9.17) is 9.84 Å². The SMILES string of the molecule is CCCCCCCCc1ccc(OC(=O)O)c(O)c1CCCCCCCC. The van der Waals surface area contributed by atoms with Crippen molar-refractivity contribution in [3.63, 3.8) is 0 Å². The minimum Gasteiger partial charge on any atom is -0.504 e. The Labute approximate surface area is 164 Å². The van der Waals surface area contributed by atoms with E-state index in [1.165, 1.54) is 57.8 Å². The number of hydrogen-bond acceptors (Lipinski definition) is 3. The molecule has 0 aromatic heterocycles. The Kier molecular flexibility index (Phi) is 12.4. The van der Waals surface area contributed by atoms with Crippen molar-refractivity contribution < 1.29 is 19.7 Å². The first-order chi connectivity index (χ1) is 13.1. The first kappa shape index (κ1) is 23.3. The molecule has 0 atom stereocenters. The second kappa shape index (κ2) is 14.4. The maximum atomic E-state index is 10.8. The fourth-order valence-corrected chi connectivity index (χ4v) is 3.52. The van der Waals surface area contributed by atoms with E-state index in [0.29, 0.717) is 0 Å². The van der Waals surface area contributed by atoms with Crippen molar-refractivity contribution in [3.8, 4) is 11.5 Å². The van der Waals surface area contributed by atoms with Crippen molar-refractivity contribution in [1.82, 2.24) is 0 Å². The summed E-state index contributed by atoms with van der Waals surface area (Å²) in [6.07, 6.45) is 14.8. The molecular weight excluding hydrogens is 340 g/mol. The number of benzene rings is 1. The predicted molar refractivity (Wildman–Crippen MR) is 111 cm³/mol. The van der Waals surface area contributed by atoms with Crippen molar-refractivity contribution in [2.24, 2.45) is 0 Å². The molecule has 0 saturated heterocycles. The maximum Gasteiger partial charge on any atom is 0.511 e. The standard InChI is InChI=1S/C23H38O4/c1-3-5-7-9-11-13-15-19-17-18-21(27-23(25)26)22(24)20(19)16-14-12-10-8-6-4-2/h17-18,24H,3-16H2,1-2H3,(H,25,26). The molecule has 0 bridgehead atoms. The van der Waals surface area contributed by atoms with Crippen LogP contribution < -0.4 is 4.74 Å². The predicted octanol–water partition coefficient (Wildman–Crippen LogP) is 7.26. The zero-order valence-corrected chi connectivity index (χ0v) is 17.3. The molecule has 4 nitrogen and oxygen atoms in total. The van der Waals surface area contributed by atoms with Crippen LogP contribution in [0.3, 0.4) is 0 Å². The summed E-state index contributed by atoms with van der Waals surface area (Å²) in [5, 5.41) is 19.4. The van der Waals surface area contributed by atoms with Gasteiger partial charge in [0.2, 0.25) is 0 Å². The molecule has 0 unspecified atom stereocenters. The zero-order chi connectivity index (χ0) is 19.9. The summed E-state index contributed by atoms with van der Waals surface area (Å²) in [6.45, 7) is 4.43. The number of rotatable bonds is 15. The van der Waals surface area contributed by atoms with E-state index in [2.05, 4.69) is 13.8 Å². The zero-order valence-electron chi connectivity index (χ0n) is 17.3. The number of hydrogen-bond donors (Lipinski definition) is 2. The van der Waals surface area contributed by atoms with Crippen LogP contribution in [-0.2, 0) is 12.8 Å². The lowest BCUT2D eigenvalue weighted by Gasteiger charge is -2.14. The number of aromatic hydroxyl groups is 1. The molecule has 0 aliphatic heterocycles. The molecule has 1 aromatic carbocycles. The van der Waals surface area contributed by atoms with Crippen LogP contribution in [0.1, 0.15) is 102 Å². The molecule has 0 fully saturated rings. The molecule has 27 heavy (non-hydrogen) atoms. The van der Waals surface area contributed by atoms with Gasteiger partial charge in [-0.05, 0) is 37.3 Å². The molecule has 0 aliphatic carbocycles. The molecule has 0 spiro atoms.